The van der Waals surface area contributed by atoms with E-state index in [0.29, 0.717) is 22.7 Å². The number of carbonyl (C=O) groups excluding carboxylic acids is 1. The predicted molar refractivity (Wildman–Crippen MR) is 104 cm³/mol. The third kappa shape index (κ3) is 3.86. The first-order chi connectivity index (χ1) is 12.7. The third-order valence-corrected chi connectivity index (χ3v) is 6.82. The second-order valence-electron chi connectivity index (χ2n) is 7.28. The van der Waals surface area contributed by atoms with E-state index in [0.717, 1.165) is 19.3 Å². The summed E-state index contributed by atoms with van der Waals surface area (Å²) in [6, 6.07) is 1.61. The second-order valence-corrected chi connectivity index (χ2v) is 8.94. The molecule has 0 saturated heterocycles. The van der Waals surface area contributed by atoms with Crippen LogP contribution in [0.4, 0.5) is 0 Å². The van der Waals surface area contributed by atoms with Gasteiger partial charge in [-0.1, -0.05) is 6.08 Å². The number of aliphatic imine (C=N–C) groups is 1. The number of nitrogens with one attached hydrogen (secondary N) is 2. The smallest absolute Gasteiger partial charge is 0.242 e. The molecule has 0 radical (unpaired) electrons. The highest BCUT2D eigenvalue weighted by molar-refractivity contribution is 7.89. The predicted octanol–water partition coefficient (Wildman–Crippen LogP) is 2.30. The second kappa shape index (κ2) is 7.01. The van der Waals surface area contributed by atoms with Crippen LogP contribution in [0, 0.1) is 12.8 Å². The number of amides is 1. The number of rotatable bonds is 7. The third-order valence-electron chi connectivity index (χ3n) is 5.13. The Bertz CT molecular complexity index is 946. The molecule has 0 aromatic carbocycles. The number of hydrogen-bond donors (Lipinski definition) is 2. The zero-order valence-electron chi connectivity index (χ0n) is 15.7. The number of nitrogens with zero attached hydrogens (tertiary/aromatic N) is 2. The van der Waals surface area contributed by atoms with Gasteiger partial charge in [0.15, 0.2) is 0 Å². The zero-order valence-corrected chi connectivity index (χ0v) is 16.6. The van der Waals surface area contributed by atoms with E-state index >= 15 is 0 Å². The van der Waals surface area contributed by atoms with E-state index in [1.807, 2.05) is 6.92 Å². The summed E-state index contributed by atoms with van der Waals surface area (Å²) in [7, 11) is -3.65. The molecule has 1 aromatic rings. The highest BCUT2D eigenvalue weighted by atomic mass is 32.2. The van der Waals surface area contributed by atoms with Crippen molar-refractivity contribution >= 4 is 28.2 Å². The standard InChI is InChI=1S/C19H24N4O3S/c1-5-15(7-18(20-4)22-13(3)24)16-6-17(12(2)21-11-16)27(25,26)23-19-8-14(9-19)10-19/h5-7,11,14,23H,4,8-10H2,1-3H3,(H,22,24)/b15-5+,18-7+. The summed E-state index contributed by atoms with van der Waals surface area (Å²) in [5.74, 6) is 0.696. The fraction of sp³-hybridized carbons (Fsp3) is 0.421. The van der Waals surface area contributed by atoms with Crippen molar-refractivity contribution in [3.8, 4) is 0 Å². The minimum Gasteiger partial charge on any atom is -0.311 e. The van der Waals surface area contributed by atoms with Crippen molar-refractivity contribution in [3.63, 3.8) is 0 Å². The van der Waals surface area contributed by atoms with Crippen LogP contribution >= 0.6 is 0 Å². The lowest BCUT2D eigenvalue weighted by Gasteiger charge is -2.61. The average Bonchev–Trinajstić information content (AvgIpc) is 2.54. The molecule has 3 saturated carbocycles. The molecular formula is C19H24N4O3S. The quantitative estimate of drug-likeness (QED) is 0.553. The summed E-state index contributed by atoms with van der Waals surface area (Å²) in [6.45, 7) is 8.32. The summed E-state index contributed by atoms with van der Waals surface area (Å²) in [6.07, 6.45) is 7.80. The molecule has 144 valence electrons. The molecule has 27 heavy (non-hydrogen) atoms. The fourth-order valence-electron chi connectivity index (χ4n) is 3.67. The molecular weight excluding hydrogens is 364 g/mol. The Hall–Kier alpha value is -2.32. The van der Waals surface area contributed by atoms with Crippen LogP contribution in [0.2, 0.25) is 0 Å². The molecule has 0 spiro atoms. The highest BCUT2D eigenvalue weighted by Crippen LogP contribution is 2.57. The number of sulfonamides is 1. The maximum Gasteiger partial charge on any atom is 0.242 e. The first kappa shape index (κ1) is 19.4. The molecule has 7 nitrogen and oxygen atoms in total. The Morgan fingerprint density at radius 2 is 2.07 bits per heavy atom. The lowest BCUT2D eigenvalue weighted by atomic mass is 9.50. The van der Waals surface area contributed by atoms with Gasteiger partial charge < -0.3 is 5.32 Å². The highest BCUT2D eigenvalue weighted by Gasteiger charge is 2.58. The van der Waals surface area contributed by atoms with Crippen LogP contribution in [0.1, 0.15) is 44.4 Å². The Morgan fingerprint density at radius 3 is 2.56 bits per heavy atom. The van der Waals surface area contributed by atoms with Crippen molar-refractivity contribution in [1.29, 1.82) is 0 Å². The van der Waals surface area contributed by atoms with Gasteiger partial charge in [0.05, 0.1) is 5.69 Å². The first-order valence-electron chi connectivity index (χ1n) is 8.81. The van der Waals surface area contributed by atoms with Crippen molar-refractivity contribution in [1.82, 2.24) is 15.0 Å². The van der Waals surface area contributed by atoms with Crippen LogP contribution in [0.5, 0.6) is 0 Å². The number of allylic oxidation sites excluding steroid dienone is 3. The molecule has 1 amide bonds. The van der Waals surface area contributed by atoms with Gasteiger partial charge in [0.25, 0.3) is 0 Å². The SMILES string of the molecule is C=N/C(=C\C(=C/C)c1cnc(C)c(S(=O)(=O)NC23CC(C2)C3)c1)NC(C)=O. The van der Waals surface area contributed by atoms with Gasteiger partial charge in [-0.25, -0.2) is 18.1 Å². The number of aryl methyl sites for hydroxylation is 1. The van der Waals surface area contributed by atoms with Crippen LogP contribution in [0.15, 0.2) is 40.1 Å². The van der Waals surface area contributed by atoms with Crippen LogP contribution < -0.4 is 10.0 Å². The average molecular weight is 388 g/mol. The molecule has 2 N–H and O–H groups in total. The number of pyridine rings is 1. The van der Waals surface area contributed by atoms with Crippen molar-refractivity contribution in [2.75, 3.05) is 0 Å². The monoisotopic (exact) mass is 388 g/mol. The molecule has 8 heteroatoms. The van der Waals surface area contributed by atoms with Crippen molar-refractivity contribution < 1.29 is 13.2 Å². The maximum absolute atomic E-state index is 12.9. The number of carbonyl (C=O) groups is 1. The van der Waals surface area contributed by atoms with Gasteiger partial charge in [0, 0.05) is 24.2 Å². The minimum absolute atomic E-state index is 0.171. The lowest BCUT2D eigenvalue weighted by molar-refractivity contribution is -0.118. The summed E-state index contributed by atoms with van der Waals surface area (Å²) in [4.78, 5) is 19.5. The molecule has 0 aliphatic heterocycles. The Labute approximate surface area is 159 Å². The topological polar surface area (TPSA) is 101 Å². The van der Waals surface area contributed by atoms with E-state index < -0.39 is 10.0 Å². The van der Waals surface area contributed by atoms with Crippen LogP contribution in [0.3, 0.4) is 0 Å². The summed E-state index contributed by atoms with van der Waals surface area (Å²) in [5, 5.41) is 2.57. The van der Waals surface area contributed by atoms with E-state index in [1.165, 1.54) is 6.92 Å². The molecule has 0 atom stereocenters. The van der Waals surface area contributed by atoms with Gasteiger partial charge in [0.2, 0.25) is 15.9 Å². The largest absolute Gasteiger partial charge is 0.311 e. The van der Waals surface area contributed by atoms with E-state index in [2.05, 4.69) is 26.7 Å². The van der Waals surface area contributed by atoms with Gasteiger partial charge in [-0.15, -0.1) is 0 Å². The molecule has 3 fully saturated rings. The lowest BCUT2D eigenvalue weighted by Crippen LogP contribution is -2.68. The molecule has 0 unspecified atom stereocenters. The minimum atomic E-state index is -3.65. The number of hydrogen-bond acceptors (Lipinski definition) is 5. The molecule has 3 aliphatic carbocycles. The van der Waals surface area contributed by atoms with Gasteiger partial charge in [0.1, 0.15) is 10.7 Å². The van der Waals surface area contributed by atoms with Crippen molar-refractivity contribution in [3.05, 3.63) is 41.5 Å². The summed E-state index contributed by atoms with van der Waals surface area (Å²) < 4.78 is 28.7. The van der Waals surface area contributed by atoms with Crippen LogP contribution in [-0.4, -0.2) is 31.6 Å². The van der Waals surface area contributed by atoms with E-state index in [9.17, 15) is 13.2 Å². The first-order valence-corrected chi connectivity index (χ1v) is 10.3. The zero-order chi connectivity index (χ0) is 19.8. The molecule has 1 heterocycles. The van der Waals surface area contributed by atoms with Gasteiger partial charge in [-0.2, -0.15) is 0 Å². The Morgan fingerprint density at radius 1 is 1.41 bits per heavy atom. The normalized spacial score (nSPS) is 24.6. The number of aromatic nitrogens is 1. The summed E-state index contributed by atoms with van der Waals surface area (Å²) in [5.41, 5.74) is 1.50. The van der Waals surface area contributed by atoms with E-state index in [-0.39, 0.29) is 22.2 Å². The Balaban J connectivity index is 1.92. The summed E-state index contributed by atoms with van der Waals surface area (Å²) >= 11 is 0. The van der Waals surface area contributed by atoms with Gasteiger partial charge in [-0.05, 0) is 63.5 Å². The van der Waals surface area contributed by atoms with Crippen molar-refractivity contribution in [2.24, 2.45) is 10.9 Å². The molecule has 2 bridgehead atoms. The van der Waals surface area contributed by atoms with E-state index in [4.69, 9.17) is 0 Å². The maximum atomic E-state index is 12.9. The molecule has 3 aliphatic rings. The molecule has 1 aromatic heterocycles. The Kier molecular flexibility index (Phi) is 5.05. The van der Waals surface area contributed by atoms with Gasteiger partial charge >= 0.3 is 0 Å². The van der Waals surface area contributed by atoms with Crippen LogP contribution in [-0.2, 0) is 14.8 Å². The fourth-order valence-corrected chi connectivity index (χ4v) is 5.32. The molecule has 4 rings (SSSR count). The van der Waals surface area contributed by atoms with Crippen LogP contribution in [0.25, 0.3) is 5.57 Å². The van der Waals surface area contributed by atoms with E-state index in [1.54, 1.807) is 31.3 Å². The van der Waals surface area contributed by atoms with Crippen molar-refractivity contribution in [2.45, 2.75) is 50.5 Å². The van der Waals surface area contributed by atoms with Gasteiger partial charge in [-0.3, -0.25) is 9.78 Å².